The third-order valence-electron chi connectivity index (χ3n) is 6.96. The topological polar surface area (TPSA) is 44.8 Å². The van der Waals surface area contributed by atoms with Gasteiger partial charge in [-0.25, -0.2) is 4.39 Å². The van der Waals surface area contributed by atoms with Crippen molar-refractivity contribution in [3.63, 3.8) is 0 Å². The van der Waals surface area contributed by atoms with Crippen LogP contribution in [0.1, 0.15) is 54.7 Å². The van der Waals surface area contributed by atoms with E-state index in [0.717, 1.165) is 56.0 Å². The molecule has 1 aliphatic rings. The predicted octanol–water partition coefficient (Wildman–Crippen LogP) is 5.78. The molecule has 0 bridgehead atoms. The van der Waals surface area contributed by atoms with Crippen LogP contribution in [-0.4, -0.2) is 61.1 Å². The molecule has 5 nitrogen and oxygen atoms in total. The van der Waals surface area contributed by atoms with Gasteiger partial charge in [0.05, 0.1) is 7.11 Å². The average Bonchev–Trinajstić information content (AvgIpc) is 2.92. The summed E-state index contributed by atoms with van der Waals surface area (Å²) in [4.78, 5) is 16.5. The molecule has 1 amide bonds. The minimum atomic E-state index is -0.145. The second kappa shape index (κ2) is 14.6. The molecule has 1 aliphatic heterocycles. The molecule has 0 spiro atoms. The molecular weight excluding hydrogens is 477 g/mol. The zero-order chi connectivity index (χ0) is 27.5. The molecule has 38 heavy (non-hydrogen) atoms. The summed E-state index contributed by atoms with van der Waals surface area (Å²) >= 11 is 0. The first-order valence-corrected chi connectivity index (χ1v) is 13.6. The summed E-state index contributed by atoms with van der Waals surface area (Å²) in [6.07, 6.45) is 0.830. The molecule has 0 unspecified atom stereocenters. The van der Waals surface area contributed by atoms with Gasteiger partial charge in [0.1, 0.15) is 11.6 Å². The van der Waals surface area contributed by atoms with Gasteiger partial charge in [-0.3, -0.25) is 9.69 Å². The van der Waals surface area contributed by atoms with Gasteiger partial charge < -0.3 is 15.0 Å². The van der Waals surface area contributed by atoms with Crippen molar-refractivity contribution < 1.29 is 13.9 Å². The number of hydrogen-bond donors (Lipinski definition) is 1. The molecule has 3 aromatic carbocycles. The third-order valence-corrected chi connectivity index (χ3v) is 6.96. The van der Waals surface area contributed by atoms with Crippen LogP contribution in [0.15, 0.2) is 72.8 Å². The molecule has 4 rings (SSSR count). The van der Waals surface area contributed by atoms with Gasteiger partial charge in [-0.2, -0.15) is 0 Å². The number of carbonyl (C=O) groups is 1. The zero-order valence-electron chi connectivity index (χ0n) is 23.4. The van der Waals surface area contributed by atoms with Crippen LogP contribution in [0.4, 0.5) is 4.39 Å². The lowest BCUT2D eigenvalue weighted by Crippen LogP contribution is -2.53. The summed E-state index contributed by atoms with van der Waals surface area (Å²) in [5.74, 6) is 0.817. The summed E-state index contributed by atoms with van der Waals surface area (Å²) in [6, 6.07) is 23.8. The Hall–Kier alpha value is -3.22. The maximum Gasteiger partial charge on any atom is 0.253 e. The molecule has 0 saturated carbocycles. The number of hydrogen-bond acceptors (Lipinski definition) is 4. The Labute approximate surface area is 227 Å². The quantitative estimate of drug-likeness (QED) is 0.410. The van der Waals surface area contributed by atoms with Crippen LogP contribution in [0.2, 0.25) is 0 Å². The fourth-order valence-electron chi connectivity index (χ4n) is 4.66. The number of piperazine rings is 1. The number of nitrogens with one attached hydrogen (secondary N) is 1. The summed E-state index contributed by atoms with van der Waals surface area (Å²) in [6.45, 7) is 12.7. The van der Waals surface area contributed by atoms with Gasteiger partial charge in [-0.05, 0) is 87.2 Å². The lowest BCUT2D eigenvalue weighted by molar-refractivity contribution is 0.0773. The van der Waals surface area contributed by atoms with E-state index >= 15 is 0 Å². The van der Waals surface area contributed by atoms with Crippen LogP contribution >= 0.6 is 0 Å². The number of benzene rings is 3. The second-order valence-corrected chi connectivity index (χ2v) is 9.92. The number of nitrogens with zero attached hydrogens (tertiary/aromatic N) is 2. The number of ether oxygens (including phenoxy) is 1. The first-order valence-electron chi connectivity index (χ1n) is 13.6. The van der Waals surface area contributed by atoms with Gasteiger partial charge in [-0.15, -0.1) is 0 Å². The molecule has 0 aromatic heterocycles. The van der Waals surface area contributed by atoms with Crippen molar-refractivity contribution in [3.8, 4) is 5.75 Å². The number of methoxy groups -OCH3 is 1. The van der Waals surface area contributed by atoms with E-state index in [-0.39, 0.29) is 11.7 Å². The van der Waals surface area contributed by atoms with Crippen LogP contribution in [0, 0.1) is 5.82 Å². The van der Waals surface area contributed by atoms with Crippen LogP contribution in [0.5, 0.6) is 5.75 Å². The van der Waals surface area contributed by atoms with Crippen molar-refractivity contribution in [1.29, 1.82) is 0 Å². The smallest absolute Gasteiger partial charge is 0.253 e. The Morgan fingerprint density at radius 2 is 1.66 bits per heavy atom. The fraction of sp³-hybridized carbons (Fsp3) is 0.406. The van der Waals surface area contributed by atoms with Crippen LogP contribution in [-0.2, 0) is 13.0 Å². The molecule has 204 valence electrons. The molecule has 2 atom stereocenters. The second-order valence-electron chi connectivity index (χ2n) is 9.92. The lowest BCUT2D eigenvalue weighted by Gasteiger charge is -2.37. The fourth-order valence-corrected chi connectivity index (χ4v) is 4.66. The first-order chi connectivity index (χ1) is 18.3. The largest absolute Gasteiger partial charge is 0.497 e. The van der Waals surface area contributed by atoms with Crippen LogP contribution < -0.4 is 10.1 Å². The molecule has 1 heterocycles. The number of halogens is 1. The summed E-state index contributed by atoms with van der Waals surface area (Å²) in [7, 11) is 1.67. The SMILES string of the molecule is CCN(CC)C(=O)c1ccc(Cc2cccc(OC)c2)cc1.C[C@@H]1CN[C@@H](C)CN1Cc1cccc(F)c1. The van der Waals surface area contributed by atoms with Crippen molar-refractivity contribution in [2.24, 2.45) is 0 Å². The van der Waals surface area contributed by atoms with Gasteiger partial charge in [-0.1, -0.05) is 36.4 Å². The highest BCUT2D eigenvalue weighted by atomic mass is 19.1. The Morgan fingerprint density at radius 3 is 2.32 bits per heavy atom. The van der Waals surface area contributed by atoms with E-state index in [4.69, 9.17) is 4.74 Å². The monoisotopic (exact) mass is 519 g/mol. The van der Waals surface area contributed by atoms with Crippen molar-refractivity contribution in [1.82, 2.24) is 15.1 Å². The number of amides is 1. The minimum absolute atomic E-state index is 0.0953. The Balaban J connectivity index is 0.000000221. The summed E-state index contributed by atoms with van der Waals surface area (Å²) < 4.78 is 18.3. The van der Waals surface area contributed by atoms with Crippen LogP contribution in [0.3, 0.4) is 0 Å². The van der Waals surface area contributed by atoms with Gasteiger partial charge >= 0.3 is 0 Å². The molecular formula is C32H42FN3O2. The predicted molar refractivity (Wildman–Crippen MR) is 153 cm³/mol. The summed E-state index contributed by atoms with van der Waals surface area (Å²) in [5, 5.41) is 3.44. The van der Waals surface area contributed by atoms with Crippen molar-refractivity contribution >= 4 is 5.91 Å². The third kappa shape index (κ3) is 8.67. The molecule has 1 fully saturated rings. The lowest BCUT2D eigenvalue weighted by atomic mass is 10.0. The van der Waals surface area contributed by atoms with E-state index in [1.54, 1.807) is 19.2 Å². The van der Waals surface area contributed by atoms with E-state index in [9.17, 15) is 9.18 Å². The zero-order valence-corrected chi connectivity index (χ0v) is 23.4. The highest BCUT2D eigenvalue weighted by molar-refractivity contribution is 5.94. The van der Waals surface area contributed by atoms with E-state index in [2.05, 4.69) is 30.1 Å². The van der Waals surface area contributed by atoms with Crippen molar-refractivity contribution in [2.75, 3.05) is 33.3 Å². The van der Waals surface area contributed by atoms with E-state index in [0.29, 0.717) is 12.1 Å². The maximum atomic E-state index is 13.1. The Morgan fingerprint density at radius 1 is 0.974 bits per heavy atom. The average molecular weight is 520 g/mol. The van der Waals surface area contributed by atoms with Crippen molar-refractivity contribution in [2.45, 2.75) is 52.7 Å². The maximum absolute atomic E-state index is 13.1. The van der Waals surface area contributed by atoms with Gasteiger partial charge in [0.25, 0.3) is 5.91 Å². The van der Waals surface area contributed by atoms with Gasteiger partial charge in [0.15, 0.2) is 0 Å². The summed E-state index contributed by atoms with van der Waals surface area (Å²) in [5.41, 5.74) is 4.19. The molecule has 1 N–H and O–H groups in total. The molecule has 0 aliphatic carbocycles. The van der Waals surface area contributed by atoms with Gasteiger partial charge in [0.2, 0.25) is 0 Å². The Bertz CT molecular complexity index is 1150. The minimum Gasteiger partial charge on any atom is -0.497 e. The highest BCUT2D eigenvalue weighted by Gasteiger charge is 2.22. The normalized spacial score (nSPS) is 17.3. The highest BCUT2D eigenvalue weighted by Crippen LogP contribution is 2.17. The van der Waals surface area contributed by atoms with E-state index < -0.39 is 0 Å². The number of carbonyl (C=O) groups excluding carboxylic acids is 1. The van der Waals surface area contributed by atoms with E-state index in [1.165, 1.54) is 17.2 Å². The number of rotatable bonds is 8. The van der Waals surface area contributed by atoms with Gasteiger partial charge in [0, 0.05) is 50.4 Å². The Kier molecular flexibility index (Phi) is 11.3. The molecule has 0 radical (unpaired) electrons. The molecule has 1 saturated heterocycles. The van der Waals surface area contributed by atoms with Crippen molar-refractivity contribution in [3.05, 3.63) is 101 Å². The molecule has 3 aromatic rings. The molecule has 6 heteroatoms. The van der Waals surface area contributed by atoms with Crippen LogP contribution in [0.25, 0.3) is 0 Å². The van der Waals surface area contributed by atoms with E-state index in [1.807, 2.05) is 67.3 Å². The first kappa shape index (κ1) is 29.3. The standard InChI is InChI=1S/C19H23NO2.C13H19FN2/c1-4-20(5-2)19(21)17-11-9-15(10-12-17)13-16-7-6-8-18(14-16)22-3;1-10-8-16(11(2)7-15-10)9-12-4-3-5-13(14)6-12/h6-12,14H,4-5,13H2,1-3H3;3-6,10-11,15H,7-9H2,1-2H3/t;10-,11+/m.0/s1.